The number of aliphatic hydroxyl groups excluding tert-OH is 2. The summed E-state index contributed by atoms with van der Waals surface area (Å²) in [5.74, 6) is 3.50. The highest BCUT2D eigenvalue weighted by Gasteiger charge is 2.46. The Morgan fingerprint density at radius 1 is 0.643 bits per heavy atom. The van der Waals surface area contributed by atoms with Gasteiger partial charge in [0.15, 0.2) is 0 Å². The zero-order valence-corrected chi connectivity index (χ0v) is 28.6. The van der Waals surface area contributed by atoms with Gasteiger partial charge in [0, 0.05) is 13.2 Å². The summed E-state index contributed by atoms with van der Waals surface area (Å²) in [5.41, 5.74) is 9.49. The first kappa shape index (κ1) is 39.7. The molecule has 0 aliphatic heterocycles. The molecule has 0 radical (unpaired) electrons. The molecule has 6 unspecified atom stereocenters. The van der Waals surface area contributed by atoms with Crippen LogP contribution in [0.25, 0.3) is 0 Å². The average molecular weight is 577 g/mol. The Morgan fingerprint density at radius 3 is 1.29 bits per heavy atom. The van der Waals surface area contributed by atoms with Crippen LogP contribution in [0, 0.1) is 57.2 Å². The van der Waals surface area contributed by atoms with Gasteiger partial charge in [-0.2, -0.15) is 0 Å². The number of allylic oxidation sites excluding steroid dienone is 6. The zero-order chi connectivity index (χ0) is 33.1. The van der Waals surface area contributed by atoms with Gasteiger partial charge in [0.1, 0.15) is 0 Å². The van der Waals surface area contributed by atoms with Gasteiger partial charge in [-0.1, -0.05) is 105 Å². The number of hydrogen-bond acceptors (Lipinski definition) is 2. The molecule has 4 saturated carbocycles. The van der Waals surface area contributed by atoms with Crippen molar-refractivity contribution in [1.29, 1.82) is 0 Å². The predicted octanol–water partition coefficient (Wildman–Crippen LogP) is 10.3. The number of hydrogen-bond donors (Lipinski definition) is 2. The van der Waals surface area contributed by atoms with Crippen molar-refractivity contribution in [2.24, 2.45) is 57.2 Å². The average Bonchev–Trinajstić information content (AvgIpc) is 2.96. The molecule has 2 heteroatoms. The normalized spacial score (nSPS) is 31.2. The first-order chi connectivity index (χ1) is 19.4. The topological polar surface area (TPSA) is 40.5 Å². The van der Waals surface area contributed by atoms with Gasteiger partial charge in [-0.25, -0.2) is 0 Å². The lowest BCUT2D eigenvalue weighted by Crippen LogP contribution is -2.45. The summed E-state index contributed by atoms with van der Waals surface area (Å²) in [5, 5.41) is 17.8. The van der Waals surface area contributed by atoms with Crippen molar-refractivity contribution >= 4 is 0 Å². The molecule has 0 aromatic heterocycles. The maximum atomic E-state index is 8.96. The minimum absolute atomic E-state index is 0.203. The van der Waals surface area contributed by atoms with E-state index in [0.717, 1.165) is 19.3 Å². The van der Waals surface area contributed by atoms with E-state index < -0.39 is 0 Å². The van der Waals surface area contributed by atoms with Gasteiger partial charge in [0.05, 0.1) is 0 Å². The minimum atomic E-state index is 0.203. The Balaban J connectivity index is 0.000000525. The highest BCUT2D eigenvalue weighted by molar-refractivity contribution is 5.24. The Hall–Kier alpha value is -2.34. The SMILES string of the molecule is C=C.C=C1CC(CO)C1(C)C.C=C=CC1CC(C=C)C1(C)C.C=C=CC1CC(CO)C1(C)C.C=CC1CC(=C)C1(C)C. The fourth-order valence-electron chi connectivity index (χ4n) is 6.17. The van der Waals surface area contributed by atoms with Crippen molar-refractivity contribution in [3.63, 3.8) is 0 Å². The first-order valence-electron chi connectivity index (χ1n) is 15.5. The Bertz CT molecular complexity index is 1020. The van der Waals surface area contributed by atoms with Crippen LogP contribution in [0.5, 0.6) is 0 Å². The summed E-state index contributed by atoms with van der Waals surface area (Å²) in [6, 6.07) is 0. The fourth-order valence-corrected chi connectivity index (χ4v) is 6.17. The van der Waals surface area contributed by atoms with E-state index in [4.69, 9.17) is 10.2 Å². The van der Waals surface area contributed by atoms with Gasteiger partial charge in [0.25, 0.3) is 0 Å². The van der Waals surface area contributed by atoms with Crippen LogP contribution in [0.1, 0.15) is 81.1 Å². The summed E-state index contributed by atoms with van der Waals surface area (Å²) in [6.07, 6.45) is 12.7. The monoisotopic (exact) mass is 576 g/mol. The van der Waals surface area contributed by atoms with Crippen LogP contribution in [0.3, 0.4) is 0 Å². The maximum Gasteiger partial charge on any atom is 0.0470 e. The fraction of sp³-hybridized carbons (Fsp3) is 0.600. The molecule has 4 fully saturated rings. The molecule has 42 heavy (non-hydrogen) atoms. The summed E-state index contributed by atoms with van der Waals surface area (Å²) < 4.78 is 0. The molecule has 0 saturated heterocycles. The van der Waals surface area contributed by atoms with Crippen molar-refractivity contribution in [2.75, 3.05) is 13.2 Å². The van der Waals surface area contributed by atoms with Crippen LogP contribution in [-0.4, -0.2) is 23.4 Å². The molecule has 0 aromatic rings. The highest BCUT2D eigenvalue weighted by Crippen LogP contribution is 2.53. The van der Waals surface area contributed by atoms with Gasteiger partial charge in [-0.15, -0.1) is 37.8 Å². The van der Waals surface area contributed by atoms with Crippen LogP contribution >= 0.6 is 0 Å². The number of rotatable bonds is 6. The largest absolute Gasteiger partial charge is 0.396 e. The molecular formula is C40H64O2. The number of aliphatic hydroxyl groups is 2. The molecule has 4 aliphatic rings. The zero-order valence-electron chi connectivity index (χ0n) is 28.6. The quantitative estimate of drug-likeness (QED) is 0.244. The summed E-state index contributed by atoms with van der Waals surface area (Å²) >= 11 is 0. The van der Waals surface area contributed by atoms with E-state index in [2.05, 4.69) is 132 Å². The van der Waals surface area contributed by atoms with Gasteiger partial charge in [0.2, 0.25) is 0 Å². The Kier molecular flexibility index (Phi) is 15.6. The Labute approximate surface area is 260 Å². The molecule has 236 valence electrons. The van der Waals surface area contributed by atoms with E-state index in [9.17, 15) is 0 Å². The molecule has 6 atom stereocenters. The lowest BCUT2D eigenvalue weighted by Gasteiger charge is -2.50. The molecular weight excluding hydrogens is 512 g/mol. The lowest BCUT2D eigenvalue weighted by molar-refractivity contribution is -0.0259. The van der Waals surface area contributed by atoms with Gasteiger partial charge in [-0.05, 0) is 95.0 Å². The van der Waals surface area contributed by atoms with E-state index in [1.807, 2.05) is 12.2 Å². The van der Waals surface area contributed by atoms with Crippen LogP contribution in [0.4, 0.5) is 0 Å². The van der Waals surface area contributed by atoms with E-state index in [1.54, 1.807) is 0 Å². The molecule has 4 rings (SSSR count). The van der Waals surface area contributed by atoms with Gasteiger partial charge in [-0.3, -0.25) is 0 Å². The van der Waals surface area contributed by atoms with Crippen molar-refractivity contribution in [3.05, 3.63) is 99.5 Å². The second kappa shape index (κ2) is 16.5. The predicted molar refractivity (Wildman–Crippen MR) is 186 cm³/mol. The van der Waals surface area contributed by atoms with Gasteiger partial charge >= 0.3 is 0 Å². The van der Waals surface area contributed by atoms with Crippen LogP contribution < -0.4 is 0 Å². The van der Waals surface area contributed by atoms with E-state index in [0.29, 0.717) is 59.6 Å². The maximum absolute atomic E-state index is 8.96. The highest BCUT2D eigenvalue weighted by atomic mass is 16.3. The molecule has 4 aliphatic carbocycles. The van der Waals surface area contributed by atoms with E-state index >= 15 is 0 Å². The molecule has 0 amide bonds. The summed E-state index contributed by atoms with van der Waals surface area (Å²) in [4.78, 5) is 0. The van der Waals surface area contributed by atoms with Crippen LogP contribution in [0.15, 0.2) is 99.5 Å². The summed E-state index contributed by atoms with van der Waals surface area (Å²) in [6.45, 7) is 46.9. The van der Waals surface area contributed by atoms with E-state index in [-0.39, 0.29) is 10.8 Å². The second-order valence-corrected chi connectivity index (χ2v) is 14.6. The molecule has 0 spiro atoms. The molecule has 0 aromatic carbocycles. The molecule has 0 heterocycles. The molecule has 2 nitrogen and oxygen atoms in total. The van der Waals surface area contributed by atoms with Crippen molar-refractivity contribution in [3.8, 4) is 0 Å². The lowest BCUT2D eigenvalue weighted by atomic mass is 9.55. The van der Waals surface area contributed by atoms with Crippen molar-refractivity contribution < 1.29 is 10.2 Å². The van der Waals surface area contributed by atoms with E-state index in [1.165, 1.54) is 17.6 Å². The van der Waals surface area contributed by atoms with Gasteiger partial charge < -0.3 is 10.2 Å². The summed E-state index contributed by atoms with van der Waals surface area (Å²) in [7, 11) is 0. The van der Waals surface area contributed by atoms with Crippen LogP contribution in [-0.2, 0) is 0 Å². The first-order valence-corrected chi connectivity index (χ1v) is 15.5. The second-order valence-electron chi connectivity index (χ2n) is 14.6. The molecule has 0 bridgehead atoms. The van der Waals surface area contributed by atoms with Crippen molar-refractivity contribution in [2.45, 2.75) is 81.1 Å². The Morgan fingerprint density at radius 2 is 1.07 bits per heavy atom. The van der Waals surface area contributed by atoms with Crippen LogP contribution in [0.2, 0.25) is 0 Å². The van der Waals surface area contributed by atoms with Crippen molar-refractivity contribution in [1.82, 2.24) is 0 Å². The smallest absolute Gasteiger partial charge is 0.0470 e. The third kappa shape index (κ3) is 8.84. The standard InChI is InChI=1S/C11H16.C10H16O.C9H14.C8H14O.C2H4/c1-5-7-10-8-9(6-2)11(10,3)4;1-4-5-8-6-9(7-11)10(8,2)3;1-5-8-6-7(2)9(8,3)4;1-6-4-7(5-9)8(6,2)3;1-2/h6-7,9-10H,1-2,8H2,3-4H3;5,8-9,11H,1,6-7H2,2-3H3;5,8H,1-2,6H2,3-4H3;7,9H,1,4-5H2,2-3H3;1-2H2. The molecule has 2 N–H and O–H groups in total. The third-order valence-electron chi connectivity index (χ3n) is 11.3. The minimum Gasteiger partial charge on any atom is -0.396 e. The third-order valence-corrected chi connectivity index (χ3v) is 11.3.